The second kappa shape index (κ2) is 6.26. The Morgan fingerprint density at radius 2 is 1.74 bits per heavy atom. The highest BCUT2D eigenvalue weighted by Gasteiger charge is 2.32. The van der Waals surface area contributed by atoms with Gasteiger partial charge in [0, 0.05) is 26.2 Å². The molecule has 19 heavy (non-hydrogen) atoms. The van der Waals surface area contributed by atoms with Crippen molar-refractivity contribution >= 4 is 12.0 Å². The second-order valence-electron chi connectivity index (χ2n) is 5.76. The Morgan fingerprint density at radius 3 is 2.37 bits per heavy atom. The van der Waals surface area contributed by atoms with Crippen molar-refractivity contribution in [2.24, 2.45) is 11.8 Å². The molecule has 0 bridgehead atoms. The van der Waals surface area contributed by atoms with Crippen LogP contribution in [0, 0.1) is 11.8 Å². The predicted octanol–water partition coefficient (Wildman–Crippen LogP) is 1.72. The van der Waals surface area contributed by atoms with Crippen LogP contribution in [0.4, 0.5) is 4.79 Å². The lowest BCUT2D eigenvalue weighted by Gasteiger charge is -2.38. The van der Waals surface area contributed by atoms with Gasteiger partial charge in [0.05, 0.1) is 13.0 Å². The Hall–Kier alpha value is -1.26. The van der Waals surface area contributed by atoms with Crippen molar-refractivity contribution < 1.29 is 14.3 Å². The number of amides is 2. The van der Waals surface area contributed by atoms with Crippen molar-refractivity contribution in [3.05, 3.63) is 0 Å². The molecule has 2 amide bonds. The van der Waals surface area contributed by atoms with Crippen LogP contribution < -0.4 is 0 Å². The highest BCUT2D eigenvalue weighted by Crippen LogP contribution is 2.22. The maximum absolute atomic E-state index is 12.4. The number of ether oxygens (including phenoxy) is 1. The number of nitrogens with zero attached hydrogens (tertiary/aromatic N) is 2. The molecule has 5 nitrogen and oxygen atoms in total. The van der Waals surface area contributed by atoms with Gasteiger partial charge in [0.2, 0.25) is 0 Å². The molecule has 0 radical (unpaired) electrons. The maximum Gasteiger partial charge on any atom is 0.320 e. The van der Waals surface area contributed by atoms with Gasteiger partial charge in [0.25, 0.3) is 0 Å². The third-order valence-corrected chi connectivity index (χ3v) is 4.28. The first-order chi connectivity index (χ1) is 9.11. The van der Waals surface area contributed by atoms with E-state index in [1.165, 1.54) is 7.11 Å². The summed E-state index contributed by atoms with van der Waals surface area (Å²) < 4.78 is 4.79. The first-order valence-electron chi connectivity index (χ1n) is 7.23. The van der Waals surface area contributed by atoms with Crippen molar-refractivity contribution in [1.29, 1.82) is 0 Å². The second-order valence-corrected chi connectivity index (χ2v) is 5.76. The molecule has 1 unspecified atom stereocenters. The van der Waals surface area contributed by atoms with E-state index in [4.69, 9.17) is 4.74 Å². The molecule has 0 aromatic rings. The number of rotatable bonds is 1. The lowest BCUT2D eigenvalue weighted by molar-refractivity contribution is -0.146. The molecule has 1 atom stereocenters. The van der Waals surface area contributed by atoms with Gasteiger partial charge < -0.3 is 14.5 Å². The molecule has 0 aromatic carbocycles. The summed E-state index contributed by atoms with van der Waals surface area (Å²) in [5.41, 5.74) is 0. The molecule has 2 fully saturated rings. The number of piperidine rings is 2. The van der Waals surface area contributed by atoms with Gasteiger partial charge in [-0.3, -0.25) is 4.79 Å². The third-order valence-electron chi connectivity index (χ3n) is 4.28. The molecule has 2 heterocycles. The summed E-state index contributed by atoms with van der Waals surface area (Å²) in [6, 6.07) is 0.0977. The molecule has 108 valence electrons. The minimum atomic E-state index is -0.190. The van der Waals surface area contributed by atoms with E-state index in [0.717, 1.165) is 45.3 Å². The van der Waals surface area contributed by atoms with Crippen molar-refractivity contribution in [1.82, 2.24) is 9.80 Å². The summed E-state index contributed by atoms with van der Waals surface area (Å²) in [5.74, 6) is 0.379. The van der Waals surface area contributed by atoms with Crippen LogP contribution in [0.5, 0.6) is 0 Å². The number of hydrogen-bond acceptors (Lipinski definition) is 3. The van der Waals surface area contributed by atoms with Crippen LogP contribution in [0.25, 0.3) is 0 Å². The fraction of sp³-hybridized carbons (Fsp3) is 0.857. The van der Waals surface area contributed by atoms with Gasteiger partial charge in [0.1, 0.15) is 0 Å². The van der Waals surface area contributed by atoms with Crippen LogP contribution in [-0.2, 0) is 9.53 Å². The number of likely N-dealkylation sites (tertiary alicyclic amines) is 2. The number of carbonyl (C=O) groups excluding carboxylic acids is 2. The lowest BCUT2D eigenvalue weighted by Crippen LogP contribution is -2.50. The van der Waals surface area contributed by atoms with E-state index >= 15 is 0 Å². The quantitative estimate of drug-likeness (QED) is 0.680. The largest absolute Gasteiger partial charge is 0.469 e. The number of carbonyl (C=O) groups is 2. The molecule has 2 rings (SSSR count). The standard InChI is InChI=1S/C14H24N2O3/c1-11-5-8-15(9-6-11)14(18)16-7-3-4-12(10-16)13(17)19-2/h11-12H,3-10H2,1-2H3. The molecule has 2 aliphatic heterocycles. The predicted molar refractivity (Wildman–Crippen MR) is 71.7 cm³/mol. The van der Waals surface area contributed by atoms with E-state index in [1.807, 2.05) is 9.80 Å². The summed E-state index contributed by atoms with van der Waals surface area (Å²) >= 11 is 0. The fourth-order valence-electron chi connectivity index (χ4n) is 2.91. The normalized spacial score (nSPS) is 25.3. The number of methoxy groups -OCH3 is 1. The third kappa shape index (κ3) is 3.39. The molecule has 0 N–H and O–H groups in total. The minimum absolute atomic E-state index is 0.0977. The molecule has 0 aromatic heterocycles. The van der Waals surface area contributed by atoms with Gasteiger partial charge in [-0.1, -0.05) is 6.92 Å². The maximum atomic E-state index is 12.4. The van der Waals surface area contributed by atoms with Crippen molar-refractivity contribution in [3.8, 4) is 0 Å². The Bertz CT molecular complexity index is 338. The zero-order chi connectivity index (χ0) is 13.8. The zero-order valence-corrected chi connectivity index (χ0v) is 11.9. The van der Waals surface area contributed by atoms with Crippen molar-refractivity contribution in [2.45, 2.75) is 32.6 Å². The van der Waals surface area contributed by atoms with Crippen molar-refractivity contribution in [3.63, 3.8) is 0 Å². The Labute approximate surface area is 114 Å². The number of urea groups is 1. The molecule has 2 aliphatic rings. The van der Waals surface area contributed by atoms with Gasteiger partial charge in [-0.05, 0) is 31.6 Å². The number of esters is 1. The van der Waals surface area contributed by atoms with Crippen LogP contribution in [0.1, 0.15) is 32.6 Å². The van der Waals surface area contributed by atoms with Gasteiger partial charge in [-0.15, -0.1) is 0 Å². The highest BCUT2D eigenvalue weighted by molar-refractivity contribution is 5.77. The van der Waals surface area contributed by atoms with Crippen LogP contribution in [0.15, 0.2) is 0 Å². The average molecular weight is 268 g/mol. The molecule has 2 saturated heterocycles. The molecule has 5 heteroatoms. The molecular formula is C14H24N2O3. The van der Waals surface area contributed by atoms with E-state index in [2.05, 4.69) is 6.92 Å². The Morgan fingerprint density at radius 1 is 1.05 bits per heavy atom. The summed E-state index contributed by atoms with van der Waals surface area (Å²) in [7, 11) is 1.41. The summed E-state index contributed by atoms with van der Waals surface area (Å²) in [6.45, 7) is 5.20. The lowest BCUT2D eigenvalue weighted by atomic mass is 9.97. The van der Waals surface area contributed by atoms with Gasteiger partial charge >= 0.3 is 12.0 Å². The van der Waals surface area contributed by atoms with Crippen LogP contribution >= 0.6 is 0 Å². The molecule has 0 saturated carbocycles. The summed E-state index contributed by atoms with van der Waals surface area (Å²) in [6.07, 6.45) is 3.88. The monoisotopic (exact) mass is 268 g/mol. The van der Waals surface area contributed by atoms with E-state index < -0.39 is 0 Å². The van der Waals surface area contributed by atoms with Gasteiger partial charge in [0.15, 0.2) is 0 Å². The summed E-state index contributed by atoms with van der Waals surface area (Å²) in [5, 5.41) is 0. The van der Waals surface area contributed by atoms with Crippen LogP contribution in [0.3, 0.4) is 0 Å². The van der Waals surface area contributed by atoms with Crippen LogP contribution in [0.2, 0.25) is 0 Å². The zero-order valence-electron chi connectivity index (χ0n) is 11.9. The van der Waals surface area contributed by atoms with E-state index in [1.54, 1.807) is 0 Å². The van der Waals surface area contributed by atoms with Crippen molar-refractivity contribution in [2.75, 3.05) is 33.3 Å². The fourth-order valence-corrected chi connectivity index (χ4v) is 2.91. The Balaban J connectivity index is 1.90. The first-order valence-corrected chi connectivity index (χ1v) is 7.23. The summed E-state index contributed by atoms with van der Waals surface area (Å²) in [4.78, 5) is 27.7. The van der Waals surface area contributed by atoms with Gasteiger partial charge in [-0.25, -0.2) is 4.79 Å². The smallest absolute Gasteiger partial charge is 0.320 e. The molecule has 0 aliphatic carbocycles. The van der Waals surface area contributed by atoms with E-state index in [0.29, 0.717) is 12.5 Å². The first kappa shape index (κ1) is 14.2. The Kier molecular flexibility index (Phi) is 4.66. The number of hydrogen-bond donors (Lipinski definition) is 0. The van der Waals surface area contributed by atoms with E-state index in [9.17, 15) is 9.59 Å². The average Bonchev–Trinajstić information content (AvgIpc) is 2.46. The van der Waals surface area contributed by atoms with Gasteiger partial charge in [-0.2, -0.15) is 0 Å². The minimum Gasteiger partial charge on any atom is -0.469 e. The molecular weight excluding hydrogens is 244 g/mol. The van der Waals surface area contributed by atoms with Crippen LogP contribution in [-0.4, -0.2) is 55.1 Å². The highest BCUT2D eigenvalue weighted by atomic mass is 16.5. The SMILES string of the molecule is COC(=O)C1CCCN(C(=O)N2CCC(C)CC2)C1. The molecule has 0 spiro atoms. The van der Waals surface area contributed by atoms with E-state index in [-0.39, 0.29) is 17.9 Å². The topological polar surface area (TPSA) is 49.9 Å².